The van der Waals surface area contributed by atoms with E-state index < -0.39 is 23.6 Å². The molecule has 3 aromatic rings. The van der Waals surface area contributed by atoms with Crippen LogP contribution in [0.5, 0.6) is 5.75 Å². The smallest absolute Gasteiger partial charge is 0.422 e. The number of rotatable bonds is 3. The summed E-state index contributed by atoms with van der Waals surface area (Å²) in [4.78, 5) is 0.477. The second-order valence-electron chi connectivity index (χ2n) is 5.88. The average Bonchev–Trinajstić information content (AvgIpc) is 2.89. The molecule has 1 unspecified atom stereocenters. The van der Waals surface area contributed by atoms with Gasteiger partial charge in [-0.2, -0.15) is 13.2 Å². The lowest BCUT2D eigenvalue weighted by Crippen LogP contribution is -2.19. The third-order valence-electron chi connectivity index (χ3n) is 4.29. The van der Waals surface area contributed by atoms with Crippen LogP contribution in [0, 0.1) is 0 Å². The van der Waals surface area contributed by atoms with Crippen molar-refractivity contribution < 1.29 is 22.1 Å². The topological polar surface area (TPSA) is 26.3 Å². The van der Waals surface area contributed by atoms with Gasteiger partial charge < -0.3 is 4.74 Å². The van der Waals surface area contributed by atoms with Crippen LogP contribution >= 0.6 is 0 Å². The standard InChI is InChI=1S/C19H13F3O2S/c1-25(23)16-9-7-14-12-5-3-2-4-11(12)13-6-8-15(18(16)17(13)14)24-10-19(20,21)22/h2-9H,10H2,1H3. The summed E-state index contributed by atoms with van der Waals surface area (Å²) in [5, 5.41) is 1.30. The molecule has 0 aliphatic heterocycles. The van der Waals surface area contributed by atoms with Crippen LogP contribution in [0.1, 0.15) is 0 Å². The Morgan fingerprint density at radius 2 is 1.48 bits per heavy atom. The zero-order chi connectivity index (χ0) is 17.8. The van der Waals surface area contributed by atoms with E-state index in [1.165, 1.54) is 12.3 Å². The first-order valence-electron chi connectivity index (χ1n) is 7.59. The number of hydrogen-bond donors (Lipinski definition) is 0. The lowest BCUT2D eigenvalue weighted by molar-refractivity contribution is -0.153. The maximum Gasteiger partial charge on any atom is 0.422 e. The number of halogens is 3. The first kappa shape index (κ1) is 16.1. The van der Waals surface area contributed by atoms with Gasteiger partial charge in [0.1, 0.15) is 5.75 Å². The summed E-state index contributed by atoms with van der Waals surface area (Å²) in [7, 11) is -1.35. The van der Waals surface area contributed by atoms with Crippen LogP contribution < -0.4 is 4.74 Å². The van der Waals surface area contributed by atoms with Crippen molar-refractivity contribution in [2.45, 2.75) is 11.1 Å². The summed E-state index contributed by atoms with van der Waals surface area (Å²) >= 11 is 0. The van der Waals surface area contributed by atoms with Gasteiger partial charge in [0.2, 0.25) is 0 Å². The molecule has 0 heterocycles. The Labute approximate surface area is 144 Å². The molecule has 6 heteroatoms. The maximum absolute atomic E-state index is 12.6. The van der Waals surface area contributed by atoms with Crippen LogP contribution in [0.15, 0.2) is 53.4 Å². The third-order valence-corrected chi connectivity index (χ3v) is 5.25. The van der Waals surface area contributed by atoms with E-state index in [4.69, 9.17) is 4.74 Å². The molecule has 0 N–H and O–H groups in total. The van der Waals surface area contributed by atoms with E-state index in [0.717, 1.165) is 27.6 Å². The van der Waals surface area contributed by atoms with Crippen molar-refractivity contribution in [3.05, 3.63) is 48.5 Å². The second kappa shape index (κ2) is 5.59. The van der Waals surface area contributed by atoms with Gasteiger partial charge >= 0.3 is 6.18 Å². The predicted octanol–water partition coefficient (Wildman–Crippen LogP) is 5.17. The summed E-state index contributed by atoms with van der Waals surface area (Å²) in [5.41, 5.74) is 3.88. The predicted molar refractivity (Wildman–Crippen MR) is 92.3 cm³/mol. The van der Waals surface area contributed by atoms with E-state index in [2.05, 4.69) is 0 Å². The quantitative estimate of drug-likeness (QED) is 0.503. The van der Waals surface area contributed by atoms with Crippen LogP contribution in [-0.4, -0.2) is 23.2 Å². The molecule has 0 spiro atoms. The number of fused-ring (bicyclic) bond motifs is 3. The minimum Gasteiger partial charge on any atom is -0.483 e. The fourth-order valence-corrected chi connectivity index (χ4v) is 4.10. The Morgan fingerprint density at radius 3 is 2.04 bits per heavy atom. The molecule has 0 fully saturated rings. The molecule has 2 nitrogen and oxygen atoms in total. The summed E-state index contributed by atoms with van der Waals surface area (Å²) in [5.74, 6) is 0.107. The van der Waals surface area contributed by atoms with Gasteiger partial charge in [0, 0.05) is 17.0 Å². The molecule has 3 aromatic carbocycles. The minimum absolute atomic E-state index is 0.107. The number of alkyl halides is 3. The normalized spacial score (nSPS) is 13.8. The number of hydrogen-bond acceptors (Lipinski definition) is 2. The first-order chi connectivity index (χ1) is 11.9. The zero-order valence-corrected chi connectivity index (χ0v) is 14.0. The van der Waals surface area contributed by atoms with Gasteiger partial charge in [-0.3, -0.25) is 4.21 Å². The monoisotopic (exact) mass is 362 g/mol. The molecule has 0 amide bonds. The largest absolute Gasteiger partial charge is 0.483 e. The summed E-state index contributed by atoms with van der Waals surface area (Å²) in [6, 6.07) is 14.7. The summed E-state index contributed by atoms with van der Waals surface area (Å²) < 4.78 is 55.0. The Hall–Kier alpha value is -2.34. The average molecular weight is 362 g/mol. The highest BCUT2D eigenvalue weighted by molar-refractivity contribution is 7.84. The molecular weight excluding hydrogens is 349 g/mol. The van der Waals surface area contributed by atoms with Crippen molar-refractivity contribution in [3.8, 4) is 28.0 Å². The van der Waals surface area contributed by atoms with Crippen molar-refractivity contribution >= 4 is 21.6 Å². The fourth-order valence-electron chi connectivity index (χ4n) is 3.35. The highest BCUT2D eigenvalue weighted by Gasteiger charge is 2.30. The van der Waals surface area contributed by atoms with Crippen LogP contribution in [0.4, 0.5) is 13.2 Å². The highest BCUT2D eigenvalue weighted by atomic mass is 32.2. The molecule has 0 radical (unpaired) electrons. The Balaban J connectivity index is 2.01. The lowest BCUT2D eigenvalue weighted by atomic mass is 10.0. The molecule has 0 bridgehead atoms. The Morgan fingerprint density at radius 1 is 0.880 bits per heavy atom. The molecule has 0 saturated heterocycles. The van der Waals surface area contributed by atoms with Crippen molar-refractivity contribution in [1.82, 2.24) is 0 Å². The van der Waals surface area contributed by atoms with Crippen LogP contribution in [0.3, 0.4) is 0 Å². The van der Waals surface area contributed by atoms with E-state index in [1.54, 1.807) is 12.1 Å². The van der Waals surface area contributed by atoms with Gasteiger partial charge in [0.25, 0.3) is 0 Å². The fraction of sp³-hybridized carbons (Fsp3) is 0.158. The van der Waals surface area contributed by atoms with E-state index in [9.17, 15) is 17.4 Å². The van der Waals surface area contributed by atoms with Crippen molar-refractivity contribution in [1.29, 1.82) is 0 Å². The lowest BCUT2D eigenvalue weighted by Gasteiger charge is -2.15. The molecule has 0 saturated carbocycles. The van der Waals surface area contributed by atoms with Gasteiger partial charge in [-0.25, -0.2) is 0 Å². The van der Waals surface area contributed by atoms with Gasteiger partial charge in [-0.05, 0) is 34.4 Å². The van der Waals surface area contributed by atoms with E-state index in [0.29, 0.717) is 10.3 Å². The molecule has 1 aliphatic carbocycles. The van der Waals surface area contributed by atoms with Crippen molar-refractivity contribution in [2.75, 3.05) is 12.9 Å². The van der Waals surface area contributed by atoms with Gasteiger partial charge in [-0.15, -0.1) is 0 Å². The van der Waals surface area contributed by atoms with Gasteiger partial charge in [0.15, 0.2) is 6.61 Å². The molecule has 128 valence electrons. The zero-order valence-electron chi connectivity index (χ0n) is 13.2. The molecule has 4 rings (SSSR count). The molecule has 0 aromatic heterocycles. The van der Waals surface area contributed by atoms with Crippen LogP contribution in [-0.2, 0) is 10.8 Å². The van der Waals surface area contributed by atoms with Crippen molar-refractivity contribution in [3.63, 3.8) is 0 Å². The minimum atomic E-state index is -4.43. The van der Waals surface area contributed by atoms with Crippen LogP contribution in [0.25, 0.3) is 33.0 Å². The third kappa shape index (κ3) is 2.61. The van der Waals surface area contributed by atoms with Crippen molar-refractivity contribution in [2.24, 2.45) is 0 Å². The second-order valence-corrected chi connectivity index (χ2v) is 7.22. The maximum atomic E-state index is 12.6. The van der Waals surface area contributed by atoms with Gasteiger partial charge in [0.05, 0.1) is 15.7 Å². The summed E-state index contributed by atoms with van der Waals surface area (Å²) in [6.45, 7) is -1.38. The molecule has 1 aliphatic rings. The highest BCUT2D eigenvalue weighted by Crippen LogP contribution is 2.50. The molecular formula is C19H13F3O2S. The Kier molecular flexibility index (Phi) is 3.61. The molecule has 25 heavy (non-hydrogen) atoms. The number of benzene rings is 3. The van der Waals surface area contributed by atoms with E-state index >= 15 is 0 Å². The Bertz CT molecular complexity index is 996. The first-order valence-corrected chi connectivity index (χ1v) is 9.15. The van der Waals surface area contributed by atoms with E-state index in [-0.39, 0.29) is 5.75 Å². The summed E-state index contributed by atoms with van der Waals surface area (Å²) in [6.07, 6.45) is -2.92. The van der Waals surface area contributed by atoms with Gasteiger partial charge in [-0.1, -0.05) is 36.4 Å². The van der Waals surface area contributed by atoms with Crippen LogP contribution in [0.2, 0.25) is 0 Å². The molecule has 1 atom stereocenters. The van der Waals surface area contributed by atoms with E-state index in [1.807, 2.05) is 30.3 Å². The SMILES string of the molecule is CS(=O)c1ccc2c3c(ccc(OCC(F)(F)F)c13)-c1ccccc1-2. The number of ether oxygens (including phenoxy) is 1.